The lowest BCUT2D eigenvalue weighted by Gasteiger charge is -2.15. The largest absolute Gasteiger partial charge is 0.354 e. The zero-order chi connectivity index (χ0) is 14.5. The minimum Gasteiger partial charge on any atom is -0.354 e. The van der Waals surface area contributed by atoms with Crippen LogP contribution in [0.3, 0.4) is 0 Å². The first-order valence-corrected chi connectivity index (χ1v) is 7.00. The Balaban J connectivity index is 1.88. The lowest BCUT2D eigenvalue weighted by Crippen LogP contribution is -2.36. The molecule has 1 aromatic carbocycles. The number of benzene rings is 1. The molecule has 1 atom stereocenters. The molecule has 2 aromatic rings. The van der Waals surface area contributed by atoms with Crippen LogP contribution in [-0.2, 0) is 11.3 Å². The monoisotopic (exact) mass is 274 g/mol. The molecule has 1 aromatic heterocycles. The van der Waals surface area contributed by atoms with Crippen LogP contribution in [0.15, 0.2) is 24.4 Å². The zero-order valence-corrected chi connectivity index (χ0v) is 12.2. The normalized spacial score (nSPS) is 12.8. The lowest BCUT2D eigenvalue weighted by molar-refractivity contribution is -0.122. The van der Waals surface area contributed by atoms with E-state index in [1.807, 2.05) is 39.1 Å². The average Bonchev–Trinajstić information content (AvgIpc) is 2.83. The number of carbonyl (C=O) groups is 1. The highest BCUT2D eigenvalue weighted by molar-refractivity contribution is 5.81. The van der Waals surface area contributed by atoms with Gasteiger partial charge < -0.3 is 10.6 Å². The van der Waals surface area contributed by atoms with Crippen molar-refractivity contribution >= 4 is 16.8 Å². The molecule has 0 aliphatic rings. The number of nitrogens with zero attached hydrogens (tertiary/aromatic N) is 1. The highest BCUT2D eigenvalue weighted by Crippen LogP contribution is 2.15. The second kappa shape index (κ2) is 6.52. The Morgan fingerprint density at radius 2 is 2.15 bits per heavy atom. The van der Waals surface area contributed by atoms with E-state index >= 15 is 0 Å². The van der Waals surface area contributed by atoms with E-state index in [0.717, 1.165) is 23.0 Å². The third-order valence-electron chi connectivity index (χ3n) is 3.15. The number of nitrogens with one attached hydrogen (secondary N) is 3. The molecule has 108 valence electrons. The van der Waals surface area contributed by atoms with Gasteiger partial charge in [0.05, 0.1) is 11.7 Å². The molecule has 5 nitrogen and oxygen atoms in total. The molecule has 0 fully saturated rings. The summed E-state index contributed by atoms with van der Waals surface area (Å²) in [4.78, 5) is 11.7. The number of hydrogen-bond acceptors (Lipinski definition) is 3. The predicted octanol–water partition coefficient (Wildman–Crippen LogP) is 1.96. The summed E-state index contributed by atoms with van der Waals surface area (Å²) in [6.45, 7) is 6.67. The number of aromatic nitrogens is 2. The molecule has 5 heteroatoms. The fourth-order valence-electron chi connectivity index (χ4n) is 2.19. The van der Waals surface area contributed by atoms with E-state index < -0.39 is 0 Å². The number of para-hydroxylation sites is 1. The molecule has 0 aliphatic carbocycles. The summed E-state index contributed by atoms with van der Waals surface area (Å²) in [7, 11) is 0. The van der Waals surface area contributed by atoms with Crippen LogP contribution in [0.4, 0.5) is 0 Å². The van der Waals surface area contributed by atoms with E-state index in [-0.39, 0.29) is 18.0 Å². The third kappa shape index (κ3) is 3.81. The molecule has 0 saturated carbocycles. The van der Waals surface area contributed by atoms with Crippen LogP contribution in [0.25, 0.3) is 10.9 Å². The van der Waals surface area contributed by atoms with Gasteiger partial charge in [-0.05, 0) is 26.3 Å². The van der Waals surface area contributed by atoms with Crippen molar-refractivity contribution in [1.29, 1.82) is 0 Å². The van der Waals surface area contributed by atoms with Gasteiger partial charge in [0.2, 0.25) is 5.91 Å². The van der Waals surface area contributed by atoms with Crippen LogP contribution >= 0.6 is 0 Å². The lowest BCUT2D eigenvalue weighted by atomic mass is 10.1. The Bertz CT molecular complexity index is 576. The summed E-state index contributed by atoms with van der Waals surface area (Å²) in [5.41, 5.74) is 2.22. The maximum Gasteiger partial charge on any atom is 0.221 e. The molecule has 3 N–H and O–H groups in total. The summed E-state index contributed by atoms with van der Waals surface area (Å²) < 4.78 is 0. The van der Waals surface area contributed by atoms with E-state index in [2.05, 4.69) is 26.9 Å². The van der Waals surface area contributed by atoms with Crippen molar-refractivity contribution in [3.05, 3.63) is 30.0 Å². The summed E-state index contributed by atoms with van der Waals surface area (Å²) in [6.07, 6.45) is 2.30. The highest BCUT2D eigenvalue weighted by Gasteiger charge is 2.10. The predicted molar refractivity (Wildman–Crippen MR) is 80.3 cm³/mol. The van der Waals surface area contributed by atoms with Gasteiger partial charge in [0.1, 0.15) is 0 Å². The maximum atomic E-state index is 11.7. The number of carbonyl (C=O) groups excluding carboxylic acids is 1. The summed E-state index contributed by atoms with van der Waals surface area (Å²) in [6, 6.07) is 6.43. The van der Waals surface area contributed by atoms with E-state index in [4.69, 9.17) is 0 Å². The first-order valence-electron chi connectivity index (χ1n) is 7.00. The van der Waals surface area contributed by atoms with Crippen molar-refractivity contribution in [2.24, 2.45) is 0 Å². The van der Waals surface area contributed by atoms with Gasteiger partial charge in [-0.3, -0.25) is 9.89 Å². The molecule has 2 rings (SSSR count). The summed E-state index contributed by atoms with van der Waals surface area (Å²) in [5, 5.41) is 14.4. The molecule has 0 radical (unpaired) electrons. The van der Waals surface area contributed by atoms with Crippen LogP contribution < -0.4 is 10.6 Å². The number of aromatic amines is 1. The van der Waals surface area contributed by atoms with Crippen molar-refractivity contribution in [1.82, 2.24) is 20.8 Å². The van der Waals surface area contributed by atoms with Crippen molar-refractivity contribution in [3.63, 3.8) is 0 Å². The van der Waals surface area contributed by atoms with Gasteiger partial charge in [-0.2, -0.15) is 5.10 Å². The first-order chi connectivity index (χ1) is 9.56. The van der Waals surface area contributed by atoms with E-state index in [1.165, 1.54) is 0 Å². The first kappa shape index (κ1) is 14.5. The van der Waals surface area contributed by atoms with Gasteiger partial charge in [0.25, 0.3) is 0 Å². The highest BCUT2D eigenvalue weighted by atomic mass is 16.1. The average molecular weight is 274 g/mol. The fraction of sp³-hybridized carbons (Fsp3) is 0.467. The zero-order valence-electron chi connectivity index (χ0n) is 12.2. The molecule has 20 heavy (non-hydrogen) atoms. The maximum absolute atomic E-state index is 11.7. The molecule has 0 bridgehead atoms. The van der Waals surface area contributed by atoms with Crippen LogP contribution in [0.5, 0.6) is 0 Å². The third-order valence-corrected chi connectivity index (χ3v) is 3.15. The van der Waals surface area contributed by atoms with Crippen LogP contribution in [0.2, 0.25) is 0 Å². The number of hydrogen-bond donors (Lipinski definition) is 3. The summed E-state index contributed by atoms with van der Waals surface area (Å²) >= 11 is 0. The van der Waals surface area contributed by atoms with Crippen molar-refractivity contribution in [3.8, 4) is 0 Å². The molecule has 1 heterocycles. The fourth-order valence-corrected chi connectivity index (χ4v) is 2.19. The minimum absolute atomic E-state index is 0.0831. The Morgan fingerprint density at radius 1 is 1.35 bits per heavy atom. The Hall–Kier alpha value is -1.88. The number of rotatable bonds is 6. The van der Waals surface area contributed by atoms with Gasteiger partial charge in [-0.1, -0.05) is 18.2 Å². The quantitative estimate of drug-likeness (QED) is 0.754. The van der Waals surface area contributed by atoms with Crippen LogP contribution in [0, 0.1) is 0 Å². The van der Waals surface area contributed by atoms with Gasteiger partial charge >= 0.3 is 0 Å². The van der Waals surface area contributed by atoms with Crippen molar-refractivity contribution in [2.75, 3.05) is 0 Å². The van der Waals surface area contributed by atoms with Gasteiger partial charge in [-0.25, -0.2) is 0 Å². The Labute approximate surface area is 119 Å². The molecule has 0 saturated heterocycles. The molecular formula is C15H22N4O. The summed E-state index contributed by atoms with van der Waals surface area (Å²) in [5.74, 6) is 0.0831. The molecule has 1 amide bonds. The van der Waals surface area contributed by atoms with Crippen molar-refractivity contribution in [2.45, 2.75) is 45.8 Å². The van der Waals surface area contributed by atoms with Gasteiger partial charge in [0, 0.05) is 30.4 Å². The van der Waals surface area contributed by atoms with E-state index in [9.17, 15) is 4.79 Å². The van der Waals surface area contributed by atoms with E-state index in [0.29, 0.717) is 6.42 Å². The number of H-pyrrole nitrogens is 1. The molecular weight excluding hydrogens is 252 g/mol. The van der Waals surface area contributed by atoms with E-state index in [1.54, 1.807) is 0 Å². The second-order valence-electron chi connectivity index (χ2n) is 5.46. The molecule has 0 spiro atoms. The van der Waals surface area contributed by atoms with Crippen molar-refractivity contribution < 1.29 is 4.79 Å². The Morgan fingerprint density at radius 3 is 2.90 bits per heavy atom. The topological polar surface area (TPSA) is 69.8 Å². The van der Waals surface area contributed by atoms with Gasteiger partial charge in [0.15, 0.2) is 0 Å². The van der Waals surface area contributed by atoms with Gasteiger partial charge in [-0.15, -0.1) is 0 Å². The molecule has 0 aliphatic heterocycles. The number of amides is 1. The second-order valence-corrected chi connectivity index (χ2v) is 5.46. The molecule has 1 unspecified atom stereocenters. The number of fused-ring (bicyclic) bond motifs is 1. The van der Waals surface area contributed by atoms with Crippen LogP contribution in [-0.4, -0.2) is 28.2 Å². The smallest absolute Gasteiger partial charge is 0.221 e. The minimum atomic E-state index is 0.0831. The SMILES string of the molecule is CC(C)NC(=O)CC(C)NCc1cccc2cn[nH]c12. The van der Waals surface area contributed by atoms with Crippen LogP contribution in [0.1, 0.15) is 32.8 Å². The Kier molecular flexibility index (Phi) is 4.74. The standard InChI is InChI=1S/C15H22N4O/c1-10(2)18-14(20)7-11(3)16-8-12-5-4-6-13-9-17-19-15(12)13/h4-6,9-11,16H,7-8H2,1-3H3,(H,17,19)(H,18,20).